The molecular weight excluding hydrogens is 585 g/mol. The number of rotatable bonds is 8. The van der Waals surface area contributed by atoms with E-state index < -0.39 is 0 Å². The number of nitrogens with zero attached hydrogens (tertiary/aromatic N) is 3. The number of fused-ring (bicyclic) bond motifs is 1. The smallest absolute Gasteiger partial charge is 0.282 e. The highest BCUT2D eigenvalue weighted by molar-refractivity contribution is 9.10. The van der Waals surface area contributed by atoms with Crippen LogP contribution in [0.15, 0.2) is 99.3 Å². The second-order valence-electron chi connectivity index (χ2n) is 8.45. The maximum absolute atomic E-state index is 13.5. The maximum atomic E-state index is 13.5. The third-order valence-electron chi connectivity index (χ3n) is 5.85. The molecule has 0 N–H and O–H groups in total. The van der Waals surface area contributed by atoms with E-state index in [0.29, 0.717) is 44.9 Å². The van der Waals surface area contributed by atoms with Crippen molar-refractivity contribution in [2.45, 2.75) is 13.5 Å². The molecule has 6 nitrogen and oxygen atoms in total. The predicted molar refractivity (Wildman–Crippen MR) is 155 cm³/mol. The monoisotopic (exact) mass is 605 g/mol. The van der Waals surface area contributed by atoms with Crippen LogP contribution >= 0.6 is 27.5 Å². The molecule has 5 aromatic rings. The second kappa shape index (κ2) is 11.8. The fourth-order valence-corrected chi connectivity index (χ4v) is 4.61. The lowest BCUT2D eigenvalue weighted by Gasteiger charge is -2.16. The zero-order chi connectivity index (χ0) is 27.4. The van der Waals surface area contributed by atoms with E-state index in [-0.39, 0.29) is 23.0 Å². The minimum Gasteiger partial charge on any atom is -0.490 e. The molecule has 39 heavy (non-hydrogen) atoms. The first-order valence-corrected chi connectivity index (χ1v) is 13.3. The molecule has 5 rings (SSSR count). The van der Waals surface area contributed by atoms with E-state index in [1.54, 1.807) is 36.4 Å². The quantitative estimate of drug-likeness (QED) is 0.172. The molecule has 0 atom stereocenters. The summed E-state index contributed by atoms with van der Waals surface area (Å²) in [4.78, 5) is 18.2. The molecule has 196 valence electrons. The van der Waals surface area contributed by atoms with Crippen LogP contribution in [0.5, 0.6) is 11.5 Å². The molecule has 0 unspecified atom stereocenters. The Balaban J connectivity index is 1.56. The van der Waals surface area contributed by atoms with Gasteiger partial charge in [0.2, 0.25) is 0 Å². The van der Waals surface area contributed by atoms with E-state index in [1.807, 2.05) is 43.3 Å². The molecule has 0 amide bonds. The lowest BCUT2D eigenvalue weighted by molar-refractivity contribution is 0.269. The lowest BCUT2D eigenvalue weighted by atomic mass is 10.2. The average molecular weight is 607 g/mol. The lowest BCUT2D eigenvalue weighted by Crippen LogP contribution is -2.20. The van der Waals surface area contributed by atoms with Crippen molar-refractivity contribution < 1.29 is 13.9 Å². The van der Waals surface area contributed by atoms with E-state index >= 15 is 0 Å². The summed E-state index contributed by atoms with van der Waals surface area (Å²) in [6.07, 6.45) is 1.52. The van der Waals surface area contributed by atoms with E-state index in [1.165, 1.54) is 23.0 Å². The Bertz CT molecular complexity index is 1720. The minimum absolute atomic E-state index is 0.165. The number of hydrogen-bond acceptors (Lipinski definition) is 5. The fourth-order valence-electron chi connectivity index (χ4n) is 3.96. The molecule has 0 saturated carbocycles. The Kier molecular flexibility index (Phi) is 8.05. The Morgan fingerprint density at radius 2 is 1.74 bits per heavy atom. The SMILES string of the molecule is CCOc1cc(C=Nn2c(-c3ccccc3)nc3ccccc3c2=O)c(Br)c(Cl)c1OCc1ccc(F)cc1. The van der Waals surface area contributed by atoms with Crippen molar-refractivity contribution in [1.29, 1.82) is 0 Å². The normalized spacial score (nSPS) is 11.3. The molecular formula is C30H22BrClFN3O3. The van der Waals surface area contributed by atoms with Gasteiger partial charge in [-0.05, 0) is 58.7 Å². The summed E-state index contributed by atoms with van der Waals surface area (Å²) in [7, 11) is 0. The summed E-state index contributed by atoms with van der Waals surface area (Å²) in [5.41, 5.74) is 2.36. The van der Waals surface area contributed by atoms with Crippen molar-refractivity contribution in [1.82, 2.24) is 9.66 Å². The van der Waals surface area contributed by atoms with Crippen LogP contribution in [0.25, 0.3) is 22.3 Å². The summed E-state index contributed by atoms with van der Waals surface area (Å²) in [6.45, 7) is 2.38. The van der Waals surface area contributed by atoms with E-state index in [9.17, 15) is 9.18 Å². The third-order valence-corrected chi connectivity index (χ3v) is 7.29. The number of benzene rings is 4. The van der Waals surface area contributed by atoms with Crippen molar-refractivity contribution in [3.8, 4) is 22.9 Å². The number of halogens is 3. The number of hydrogen-bond donors (Lipinski definition) is 0. The van der Waals surface area contributed by atoms with Crippen LogP contribution in [0.1, 0.15) is 18.1 Å². The van der Waals surface area contributed by atoms with Crippen LogP contribution < -0.4 is 15.0 Å². The molecule has 0 aliphatic carbocycles. The molecule has 0 fully saturated rings. The summed E-state index contributed by atoms with van der Waals surface area (Å²) in [5, 5.41) is 5.26. The Morgan fingerprint density at radius 1 is 1.03 bits per heavy atom. The van der Waals surface area contributed by atoms with Gasteiger partial charge < -0.3 is 9.47 Å². The fraction of sp³-hybridized carbons (Fsp3) is 0.100. The first-order valence-electron chi connectivity index (χ1n) is 12.1. The highest BCUT2D eigenvalue weighted by Crippen LogP contribution is 2.42. The van der Waals surface area contributed by atoms with Gasteiger partial charge in [-0.3, -0.25) is 4.79 Å². The molecule has 0 spiro atoms. The van der Waals surface area contributed by atoms with Crippen molar-refractivity contribution in [3.05, 3.63) is 122 Å². The summed E-state index contributed by atoms with van der Waals surface area (Å²) < 4.78 is 26.8. The van der Waals surface area contributed by atoms with Crippen LogP contribution in [0.2, 0.25) is 5.02 Å². The van der Waals surface area contributed by atoms with E-state index in [0.717, 1.165) is 11.1 Å². The van der Waals surface area contributed by atoms with Gasteiger partial charge in [-0.2, -0.15) is 9.78 Å². The van der Waals surface area contributed by atoms with Gasteiger partial charge in [0.25, 0.3) is 5.56 Å². The zero-order valence-corrected chi connectivity index (χ0v) is 23.1. The molecule has 0 saturated heterocycles. The molecule has 0 radical (unpaired) electrons. The molecule has 4 aromatic carbocycles. The van der Waals surface area contributed by atoms with Crippen LogP contribution in [0.3, 0.4) is 0 Å². The van der Waals surface area contributed by atoms with E-state index in [4.69, 9.17) is 26.1 Å². The van der Waals surface area contributed by atoms with Gasteiger partial charge in [-0.1, -0.05) is 66.2 Å². The van der Waals surface area contributed by atoms with Gasteiger partial charge >= 0.3 is 0 Å². The maximum Gasteiger partial charge on any atom is 0.282 e. The summed E-state index contributed by atoms with van der Waals surface area (Å²) >= 11 is 10.2. The molecule has 1 heterocycles. The minimum atomic E-state index is -0.325. The molecule has 0 aliphatic heterocycles. The van der Waals surface area contributed by atoms with Crippen molar-refractivity contribution in [3.63, 3.8) is 0 Å². The number of para-hydroxylation sites is 1. The largest absolute Gasteiger partial charge is 0.490 e. The van der Waals surface area contributed by atoms with Gasteiger partial charge in [0.05, 0.1) is 23.7 Å². The Morgan fingerprint density at radius 3 is 2.49 bits per heavy atom. The summed E-state index contributed by atoms with van der Waals surface area (Å²) in [5.74, 6) is 0.819. The highest BCUT2D eigenvalue weighted by atomic mass is 79.9. The van der Waals surface area contributed by atoms with Crippen LogP contribution in [-0.4, -0.2) is 22.5 Å². The zero-order valence-electron chi connectivity index (χ0n) is 20.8. The molecule has 0 aliphatic rings. The second-order valence-corrected chi connectivity index (χ2v) is 9.62. The first kappa shape index (κ1) is 26.6. The topological polar surface area (TPSA) is 65.7 Å². The highest BCUT2D eigenvalue weighted by Gasteiger charge is 2.18. The number of ether oxygens (including phenoxy) is 2. The van der Waals surface area contributed by atoms with Crippen LogP contribution in [-0.2, 0) is 6.61 Å². The van der Waals surface area contributed by atoms with Gasteiger partial charge in [0, 0.05) is 15.6 Å². The van der Waals surface area contributed by atoms with E-state index in [2.05, 4.69) is 21.0 Å². The number of aromatic nitrogens is 2. The Labute approximate surface area is 237 Å². The standard InChI is InChI=1S/C30H22BrClFN3O3/c1-2-38-25-16-21(26(31)27(32)28(25)39-18-19-12-14-22(33)15-13-19)17-34-36-29(20-8-4-3-5-9-20)35-24-11-7-6-10-23(24)30(36)37/h3-17H,2,18H2,1H3. The average Bonchev–Trinajstić information content (AvgIpc) is 2.96. The third kappa shape index (κ3) is 5.72. The van der Waals surface area contributed by atoms with Crippen LogP contribution in [0, 0.1) is 5.82 Å². The van der Waals surface area contributed by atoms with Gasteiger partial charge in [0.15, 0.2) is 17.3 Å². The van der Waals surface area contributed by atoms with Crippen molar-refractivity contribution in [2.24, 2.45) is 5.10 Å². The van der Waals surface area contributed by atoms with Gasteiger partial charge in [-0.15, -0.1) is 0 Å². The Hall–Kier alpha value is -4.01. The molecule has 1 aromatic heterocycles. The summed E-state index contributed by atoms with van der Waals surface area (Å²) in [6, 6.07) is 24.3. The van der Waals surface area contributed by atoms with Crippen LogP contribution in [0.4, 0.5) is 4.39 Å². The molecule has 0 bridgehead atoms. The van der Waals surface area contributed by atoms with Crippen molar-refractivity contribution in [2.75, 3.05) is 6.61 Å². The first-order chi connectivity index (χ1) is 19.0. The van der Waals surface area contributed by atoms with Gasteiger partial charge in [-0.25, -0.2) is 9.37 Å². The van der Waals surface area contributed by atoms with Gasteiger partial charge in [0.1, 0.15) is 17.4 Å². The predicted octanol–water partition coefficient (Wildman–Crippen LogP) is 7.48. The molecule has 9 heteroatoms. The van der Waals surface area contributed by atoms with Crippen molar-refractivity contribution >= 4 is 44.6 Å².